The van der Waals surface area contributed by atoms with Gasteiger partial charge in [0.25, 0.3) is 0 Å². The van der Waals surface area contributed by atoms with Gasteiger partial charge in [-0.1, -0.05) is 0 Å². The third-order valence-corrected chi connectivity index (χ3v) is 4.92. The smallest absolute Gasteiger partial charge is 0.175 e. The lowest BCUT2D eigenvalue weighted by Crippen LogP contribution is -2.21. The molecule has 2 atom stereocenters. The van der Waals surface area contributed by atoms with Gasteiger partial charge in [0.2, 0.25) is 0 Å². The highest BCUT2D eigenvalue weighted by Crippen LogP contribution is 2.49. The lowest BCUT2D eigenvalue weighted by molar-refractivity contribution is 0.296. The number of benzene rings is 1. The second kappa shape index (κ2) is 6.85. The molecule has 21 heavy (non-hydrogen) atoms. The molecule has 1 fully saturated rings. The van der Waals surface area contributed by atoms with Crippen LogP contribution in [0.25, 0.3) is 0 Å². The van der Waals surface area contributed by atoms with Crippen LogP contribution in [-0.2, 0) is 0 Å². The highest BCUT2D eigenvalue weighted by atomic mass is 79.9. The SMILES string of the molecule is COc1cc(OC)c(C2CC(CN)CN2C)c(Br)c1OC. The molecule has 0 aliphatic carbocycles. The Bertz CT molecular complexity index is 510. The Hall–Kier alpha value is -0.980. The molecular weight excluding hydrogens is 336 g/mol. The maximum atomic E-state index is 5.83. The summed E-state index contributed by atoms with van der Waals surface area (Å²) in [5.41, 5.74) is 6.92. The van der Waals surface area contributed by atoms with Crippen LogP contribution in [0.1, 0.15) is 18.0 Å². The van der Waals surface area contributed by atoms with E-state index in [0.29, 0.717) is 24.0 Å². The molecule has 0 spiro atoms. The van der Waals surface area contributed by atoms with Crippen molar-refractivity contribution in [3.8, 4) is 17.2 Å². The molecule has 1 heterocycles. The second-order valence-corrected chi connectivity index (χ2v) is 6.13. The number of rotatable bonds is 5. The first-order chi connectivity index (χ1) is 10.1. The minimum absolute atomic E-state index is 0.252. The van der Waals surface area contributed by atoms with Crippen LogP contribution >= 0.6 is 15.9 Å². The van der Waals surface area contributed by atoms with Gasteiger partial charge in [-0.2, -0.15) is 0 Å². The number of hydrogen-bond donors (Lipinski definition) is 1. The Morgan fingerprint density at radius 1 is 1.24 bits per heavy atom. The van der Waals surface area contributed by atoms with Crippen molar-refractivity contribution in [2.45, 2.75) is 12.5 Å². The van der Waals surface area contributed by atoms with E-state index in [4.69, 9.17) is 19.9 Å². The van der Waals surface area contributed by atoms with Gasteiger partial charge in [0.05, 0.1) is 25.8 Å². The minimum Gasteiger partial charge on any atom is -0.496 e. The van der Waals surface area contributed by atoms with Crippen LogP contribution in [-0.4, -0.2) is 46.4 Å². The Kier molecular flexibility index (Phi) is 5.35. The number of nitrogens with zero attached hydrogens (tertiary/aromatic N) is 1. The third-order valence-electron chi connectivity index (χ3n) is 4.13. The summed E-state index contributed by atoms with van der Waals surface area (Å²) < 4.78 is 17.3. The zero-order valence-corrected chi connectivity index (χ0v) is 14.6. The molecule has 118 valence electrons. The Labute approximate surface area is 134 Å². The van der Waals surface area contributed by atoms with Crippen LogP contribution in [0.5, 0.6) is 17.2 Å². The van der Waals surface area contributed by atoms with Gasteiger partial charge in [0, 0.05) is 24.2 Å². The van der Waals surface area contributed by atoms with E-state index in [1.807, 2.05) is 6.07 Å². The maximum Gasteiger partial charge on any atom is 0.175 e. The molecule has 0 radical (unpaired) electrons. The standard InChI is InChI=1S/C15H23BrN2O3/c1-18-8-9(7-17)5-10(18)13-11(19-2)6-12(20-3)15(21-4)14(13)16/h6,9-10H,5,7-8,17H2,1-4H3. The largest absolute Gasteiger partial charge is 0.496 e. The Morgan fingerprint density at radius 2 is 1.90 bits per heavy atom. The molecule has 1 aromatic rings. The molecule has 0 aromatic heterocycles. The van der Waals surface area contributed by atoms with E-state index in [0.717, 1.165) is 28.8 Å². The van der Waals surface area contributed by atoms with E-state index in [9.17, 15) is 0 Å². The number of methoxy groups -OCH3 is 3. The molecule has 1 saturated heterocycles. The van der Waals surface area contributed by atoms with Gasteiger partial charge >= 0.3 is 0 Å². The number of ether oxygens (including phenoxy) is 3. The summed E-state index contributed by atoms with van der Waals surface area (Å²) in [6.07, 6.45) is 1.01. The van der Waals surface area contributed by atoms with Gasteiger partial charge in [0.1, 0.15) is 5.75 Å². The molecule has 1 aliphatic rings. The van der Waals surface area contributed by atoms with Crippen molar-refractivity contribution < 1.29 is 14.2 Å². The lowest BCUT2D eigenvalue weighted by atomic mass is 9.98. The van der Waals surface area contributed by atoms with Gasteiger partial charge in [-0.25, -0.2) is 0 Å². The number of nitrogens with two attached hydrogens (primary N) is 1. The fraction of sp³-hybridized carbons (Fsp3) is 0.600. The van der Waals surface area contributed by atoms with Crippen molar-refractivity contribution in [2.24, 2.45) is 11.7 Å². The fourth-order valence-electron chi connectivity index (χ4n) is 3.04. The predicted molar refractivity (Wildman–Crippen MR) is 86.3 cm³/mol. The van der Waals surface area contributed by atoms with Crippen LogP contribution < -0.4 is 19.9 Å². The molecule has 1 aliphatic heterocycles. The van der Waals surface area contributed by atoms with E-state index >= 15 is 0 Å². The van der Waals surface area contributed by atoms with Gasteiger partial charge < -0.3 is 19.9 Å². The zero-order valence-electron chi connectivity index (χ0n) is 13.0. The summed E-state index contributed by atoms with van der Waals surface area (Å²) in [6, 6.07) is 2.13. The summed E-state index contributed by atoms with van der Waals surface area (Å²) in [5, 5.41) is 0. The van der Waals surface area contributed by atoms with Crippen molar-refractivity contribution in [1.29, 1.82) is 0 Å². The minimum atomic E-state index is 0.252. The van der Waals surface area contributed by atoms with Crippen LogP contribution in [0.2, 0.25) is 0 Å². The summed E-state index contributed by atoms with van der Waals surface area (Å²) in [5.74, 6) is 2.65. The van der Waals surface area contributed by atoms with Gasteiger partial charge in [0.15, 0.2) is 11.5 Å². The predicted octanol–water partition coefficient (Wildman–Crippen LogP) is 2.43. The Morgan fingerprint density at radius 3 is 2.38 bits per heavy atom. The van der Waals surface area contributed by atoms with Crippen molar-refractivity contribution in [2.75, 3.05) is 41.5 Å². The highest BCUT2D eigenvalue weighted by Gasteiger charge is 2.34. The van der Waals surface area contributed by atoms with Crippen LogP contribution in [0.15, 0.2) is 10.5 Å². The lowest BCUT2D eigenvalue weighted by Gasteiger charge is -2.25. The number of likely N-dealkylation sites (tertiary alicyclic amines) is 1. The monoisotopic (exact) mass is 358 g/mol. The second-order valence-electron chi connectivity index (χ2n) is 5.33. The normalized spacial score (nSPS) is 22.4. The molecule has 0 amide bonds. The zero-order chi connectivity index (χ0) is 15.6. The van der Waals surface area contributed by atoms with Crippen molar-refractivity contribution in [3.63, 3.8) is 0 Å². The molecule has 0 saturated carbocycles. The molecule has 6 heteroatoms. The molecule has 5 nitrogen and oxygen atoms in total. The first-order valence-corrected chi connectivity index (χ1v) is 7.75. The van der Waals surface area contributed by atoms with Crippen LogP contribution in [0.3, 0.4) is 0 Å². The van der Waals surface area contributed by atoms with Crippen molar-refractivity contribution in [3.05, 3.63) is 16.1 Å². The summed E-state index contributed by atoms with van der Waals surface area (Å²) in [4.78, 5) is 2.31. The quantitative estimate of drug-likeness (QED) is 0.875. The summed E-state index contributed by atoms with van der Waals surface area (Å²) in [7, 11) is 7.05. The summed E-state index contributed by atoms with van der Waals surface area (Å²) >= 11 is 3.66. The molecule has 2 rings (SSSR count). The van der Waals surface area contributed by atoms with Gasteiger partial charge in [-0.3, -0.25) is 4.90 Å². The van der Waals surface area contributed by atoms with Crippen LogP contribution in [0.4, 0.5) is 0 Å². The molecular formula is C15H23BrN2O3. The Balaban J connectivity index is 2.52. The highest BCUT2D eigenvalue weighted by molar-refractivity contribution is 9.10. The van der Waals surface area contributed by atoms with E-state index in [2.05, 4.69) is 27.9 Å². The molecule has 1 aromatic carbocycles. The molecule has 2 N–H and O–H groups in total. The average Bonchev–Trinajstić information content (AvgIpc) is 2.86. The van der Waals surface area contributed by atoms with Gasteiger partial charge in [-0.15, -0.1) is 0 Å². The van der Waals surface area contributed by atoms with Crippen LogP contribution in [0, 0.1) is 5.92 Å². The number of halogens is 1. The third kappa shape index (κ3) is 2.98. The van der Waals surface area contributed by atoms with Crippen molar-refractivity contribution in [1.82, 2.24) is 4.90 Å². The van der Waals surface area contributed by atoms with Crippen molar-refractivity contribution >= 4 is 15.9 Å². The van der Waals surface area contributed by atoms with Gasteiger partial charge in [-0.05, 0) is 41.9 Å². The van der Waals surface area contributed by atoms with E-state index in [1.54, 1.807) is 21.3 Å². The molecule has 0 bridgehead atoms. The topological polar surface area (TPSA) is 57.0 Å². The maximum absolute atomic E-state index is 5.83. The average molecular weight is 359 g/mol. The summed E-state index contributed by atoms with van der Waals surface area (Å²) in [6.45, 7) is 1.69. The number of hydrogen-bond acceptors (Lipinski definition) is 5. The molecule has 2 unspecified atom stereocenters. The van der Waals surface area contributed by atoms with E-state index in [1.165, 1.54) is 0 Å². The first kappa shape index (κ1) is 16.4. The van der Waals surface area contributed by atoms with E-state index in [-0.39, 0.29) is 6.04 Å². The fourth-order valence-corrected chi connectivity index (χ4v) is 3.85. The van der Waals surface area contributed by atoms with E-state index < -0.39 is 0 Å². The first-order valence-electron chi connectivity index (χ1n) is 6.96.